The summed E-state index contributed by atoms with van der Waals surface area (Å²) in [6, 6.07) is 0. The number of ketones is 1. The van der Waals surface area contributed by atoms with E-state index < -0.39 is 0 Å². The molecule has 0 atom stereocenters. The van der Waals surface area contributed by atoms with E-state index in [1.807, 2.05) is 0 Å². The molecule has 19 heavy (non-hydrogen) atoms. The van der Waals surface area contributed by atoms with Crippen LogP contribution in [0.4, 0.5) is 5.69 Å². The van der Waals surface area contributed by atoms with Crippen molar-refractivity contribution in [1.82, 2.24) is 4.98 Å². The van der Waals surface area contributed by atoms with Crippen molar-refractivity contribution >= 4 is 33.0 Å². The van der Waals surface area contributed by atoms with Gasteiger partial charge in [-0.25, -0.2) is 4.98 Å². The van der Waals surface area contributed by atoms with E-state index in [1.54, 1.807) is 11.3 Å². The topological polar surface area (TPSA) is 56.0 Å². The van der Waals surface area contributed by atoms with Crippen molar-refractivity contribution in [2.24, 2.45) is 0 Å². The van der Waals surface area contributed by atoms with Crippen molar-refractivity contribution in [2.45, 2.75) is 44.9 Å². The Morgan fingerprint density at radius 3 is 2.79 bits per heavy atom. The highest BCUT2D eigenvalue weighted by molar-refractivity contribution is 7.19. The summed E-state index contributed by atoms with van der Waals surface area (Å²) in [7, 11) is 0. The van der Waals surface area contributed by atoms with Crippen LogP contribution in [0.15, 0.2) is 0 Å². The lowest BCUT2D eigenvalue weighted by Crippen LogP contribution is -2.15. The average molecular weight is 272 g/mol. The van der Waals surface area contributed by atoms with E-state index in [0.29, 0.717) is 12.1 Å². The SMILES string of the molecule is Nc1c2c(nc3sc4c(c13)CCCC4)CCCC2=O. The van der Waals surface area contributed by atoms with Crippen LogP contribution in [0.25, 0.3) is 10.2 Å². The quantitative estimate of drug-likeness (QED) is 0.800. The maximum atomic E-state index is 12.1. The second kappa shape index (κ2) is 4.04. The number of nitrogens with two attached hydrogens (primary N) is 1. The Bertz CT molecular complexity index is 702. The molecule has 4 rings (SSSR count). The van der Waals surface area contributed by atoms with Gasteiger partial charge in [0.05, 0.1) is 16.9 Å². The molecule has 0 radical (unpaired) electrons. The first-order valence-electron chi connectivity index (χ1n) is 7.01. The van der Waals surface area contributed by atoms with Gasteiger partial charge in [0.1, 0.15) is 4.83 Å². The van der Waals surface area contributed by atoms with Gasteiger partial charge >= 0.3 is 0 Å². The minimum Gasteiger partial charge on any atom is -0.398 e. The number of pyridine rings is 1. The zero-order valence-corrected chi connectivity index (χ0v) is 11.6. The largest absolute Gasteiger partial charge is 0.398 e. The molecule has 0 saturated carbocycles. The van der Waals surface area contributed by atoms with Crippen molar-refractivity contribution in [3.8, 4) is 0 Å². The monoisotopic (exact) mass is 272 g/mol. The Kier molecular flexibility index (Phi) is 2.42. The smallest absolute Gasteiger partial charge is 0.166 e. The van der Waals surface area contributed by atoms with E-state index in [0.717, 1.165) is 47.2 Å². The van der Waals surface area contributed by atoms with E-state index in [2.05, 4.69) is 0 Å². The lowest BCUT2D eigenvalue weighted by atomic mass is 9.90. The van der Waals surface area contributed by atoms with Gasteiger partial charge in [-0.2, -0.15) is 0 Å². The Morgan fingerprint density at radius 2 is 1.89 bits per heavy atom. The summed E-state index contributed by atoms with van der Waals surface area (Å²) in [5.41, 5.74) is 10.1. The fraction of sp³-hybridized carbons (Fsp3) is 0.467. The number of hydrogen-bond donors (Lipinski definition) is 1. The van der Waals surface area contributed by atoms with Crippen molar-refractivity contribution in [3.63, 3.8) is 0 Å². The first kappa shape index (κ1) is 11.4. The molecule has 2 N–H and O–H groups in total. The molecule has 98 valence electrons. The molecular weight excluding hydrogens is 256 g/mol. The molecule has 0 bridgehead atoms. The molecule has 0 fully saturated rings. The molecule has 0 saturated heterocycles. The van der Waals surface area contributed by atoms with Gasteiger partial charge in [-0.05, 0) is 44.1 Å². The average Bonchev–Trinajstić information content (AvgIpc) is 2.77. The second-order valence-corrected chi connectivity index (χ2v) is 6.60. The van der Waals surface area contributed by atoms with Gasteiger partial charge in [0.2, 0.25) is 0 Å². The van der Waals surface area contributed by atoms with Crippen LogP contribution >= 0.6 is 11.3 Å². The van der Waals surface area contributed by atoms with E-state index in [-0.39, 0.29) is 5.78 Å². The van der Waals surface area contributed by atoms with Gasteiger partial charge < -0.3 is 5.73 Å². The highest BCUT2D eigenvalue weighted by Crippen LogP contribution is 2.41. The molecule has 0 aliphatic heterocycles. The number of hydrogen-bond acceptors (Lipinski definition) is 4. The minimum absolute atomic E-state index is 0.184. The Labute approximate surface area is 115 Å². The van der Waals surface area contributed by atoms with Crippen molar-refractivity contribution in [1.29, 1.82) is 0 Å². The predicted molar refractivity (Wildman–Crippen MR) is 77.9 cm³/mol. The van der Waals surface area contributed by atoms with Gasteiger partial charge in [0.15, 0.2) is 5.78 Å². The lowest BCUT2D eigenvalue weighted by Gasteiger charge is -2.17. The molecule has 2 aromatic rings. The van der Waals surface area contributed by atoms with Crippen LogP contribution < -0.4 is 5.73 Å². The fourth-order valence-electron chi connectivity index (χ4n) is 3.40. The molecule has 3 nitrogen and oxygen atoms in total. The molecule has 2 aromatic heterocycles. The predicted octanol–water partition coefficient (Wildman–Crippen LogP) is 3.28. The summed E-state index contributed by atoms with van der Waals surface area (Å²) in [5, 5.41) is 1.09. The maximum Gasteiger partial charge on any atom is 0.166 e. The van der Waals surface area contributed by atoms with Crippen molar-refractivity contribution in [3.05, 3.63) is 21.7 Å². The molecule has 4 heteroatoms. The number of fused-ring (bicyclic) bond motifs is 4. The third kappa shape index (κ3) is 1.56. The summed E-state index contributed by atoms with van der Waals surface area (Å²) < 4.78 is 0. The number of thiophene rings is 1. The van der Waals surface area contributed by atoms with Gasteiger partial charge in [-0.3, -0.25) is 4.79 Å². The third-order valence-electron chi connectivity index (χ3n) is 4.31. The van der Waals surface area contributed by atoms with Crippen LogP contribution in [0, 0.1) is 0 Å². The first-order valence-corrected chi connectivity index (χ1v) is 7.83. The molecule has 2 aliphatic carbocycles. The van der Waals surface area contributed by atoms with Gasteiger partial charge in [-0.1, -0.05) is 0 Å². The zero-order chi connectivity index (χ0) is 13.0. The van der Waals surface area contributed by atoms with Crippen molar-refractivity contribution < 1.29 is 4.79 Å². The lowest BCUT2D eigenvalue weighted by molar-refractivity contribution is 0.0973. The summed E-state index contributed by atoms with van der Waals surface area (Å²) >= 11 is 1.79. The van der Waals surface area contributed by atoms with Crippen LogP contribution in [0.3, 0.4) is 0 Å². The Hall–Kier alpha value is -1.42. The standard InChI is InChI=1S/C15H16N2OS/c16-14-12-8-4-1-2-7-11(8)19-15(12)17-9-5-3-6-10(18)13(9)14/h1-7H2,(H2,16,17). The third-order valence-corrected chi connectivity index (χ3v) is 5.50. The van der Waals surface area contributed by atoms with Crippen molar-refractivity contribution in [2.75, 3.05) is 5.73 Å². The highest BCUT2D eigenvalue weighted by Gasteiger charge is 2.27. The van der Waals surface area contributed by atoms with Gasteiger partial charge in [-0.15, -0.1) is 11.3 Å². The normalized spacial score (nSPS) is 18.4. The fourth-order valence-corrected chi connectivity index (χ4v) is 4.70. The number of carbonyl (C=O) groups excluding carboxylic acids is 1. The van der Waals surface area contributed by atoms with Gasteiger partial charge in [0.25, 0.3) is 0 Å². The first-order chi connectivity index (χ1) is 9.25. The van der Waals surface area contributed by atoms with Gasteiger partial charge in [0, 0.05) is 16.7 Å². The molecule has 2 heterocycles. The summed E-state index contributed by atoms with van der Waals surface area (Å²) in [5.74, 6) is 0.184. The number of aryl methyl sites for hydroxylation is 3. The second-order valence-electron chi connectivity index (χ2n) is 5.51. The maximum absolute atomic E-state index is 12.1. The Balaban J connectivity index is 2.07. The van der Waals surface area contributed by atoms with Crippen LogP contribution in [0.5, 0.6) is 0 Å². The molecule has 0 amide bonds. The van der Waals surface area contributed by atoms with E-state index in [9.17, 15) is 4.79 Å². The number of nitrogens with zero attached hydrogens (tertiary/aromatic N) is 1. The van der Waals surface area contributed by atoms with Crippen LogP contribution in [-0.2, 0) is 19.3 Å². The number of nitrogen functional groups attached to an aromatic ring is 1. The zero-order valence-electron chi connectivity index (χ0n) is 10.8. The molecule has 0 unspecified atom stereocenters. The number of anilines is 1. The van der Waals surface area contributed by atoms with Crippen LogP contribution in [-0.4, -0.2) is 10.8 Å². The van der Waals surface area contributed by atoms with Crippen LogP contribution in [0.2, 0.25) is 0 Å². The van der Waals surface area contributed by atoms with E-state index in [4.69, 9.17) is 10.7 Å². The minimum atomic E-state index is 0.184. The van der Waals surface area contributed by atoms with Crippen LogP contribution in [0.1, 0.15) is 52.2 Å². The van der Waals surface area contributed by atoms with E-state index in [1.165, 1.54) is 23.3 Å². The van der Waals surface area contributed by atoms with E-state index >= 15 is 0 Å². The summed E-state index contributed by atoms with van der Waals surface area (Å²) in [4.78, 5) is 19.4. The Morgan fingerprint density at radius 1 is 1.05 bits per heavy atom. The molecule has 2 aliphatic rings. The molecule has 0 aromatic carbocycles. The highest BCUT2D eigenvalue weighted by atomic mass is 32.1. The number of rotatable bonds is 0. The summed E-state index contributed by atoms with van der Waals surface area (Å²) in [6.07, 6.45) is 7.15. The molecule has 0 spiro atoms. The number of carbonyl (C=O) groups is 1. The number of aromatic nitrogens is 1. The molecular formula is C15H16N2OS. The summed E-state index contributed by atoms with van der Waals surface area (Å²) in [6.45, 7) is 0. The number of Topliss-reactive ketones (excluding diaryl/α,β-unsaturated/α-hetero) is 1.